The predicted molar refractivity (Wildman–Crippen MR) is 133 cm³/mol. The summed E-state index contributed by atoms with van der Waals surface area (Å²) in [6.07, 6.45) is 0.268. The molecular formula is C25H20Cl2FN5O4. The molecule has 0 spiro atoms. The van der Waals surface area contributed by atoms with E-state index in [1.54, 1.807) is 41.3 Å². The zero-order chi connectivity index (χ0) is 25.9. The number of nitriles is 1. The van der Waals surface area contributed by atoms with E-state index in [0.717, 1.165) is 0 Å². The van der Waals surface area contributed by atoms with Gasteiger partial charge >= 0.3 is 6.09 Å². The highest BCUT2D eigenvalue weighted by atomic mass is 35.5. The van der Waals surface area contributed by atoms with Gasteiger partial charge in [-0.2, -0.15) is 14.6 Å². The number of hydrogen-bond donors (Lipinski definition) is 1. The Hall–Kier alpha value is -3.65. The van der Waals surface area contributed by atoms with Gasteiger partial charge in [-0.15, -0.1) is 0 Å². The molecule has 190 valence electrons. The topological polar surface area (TPSA) is 110 Å². The molecule has 0 radical (unpaired) electrons. The monoisotopic (exact) mass is 543 g/mol. The summed E-state index contributed by atoms with van der Waals surface area (Å²) in [5, 5.41) is 12.6. The maximum Gasteiger partial charge on any atom is 0.415 e. The Labute approximate surface area is 221 Å². The lowest BCUT2D eigenvalue weighted by atomic mass is 9.84. The standard InChI is InChI=1S/C25H20Cl2FN5O4/c26-17-2-4-18(5-3-17)36-25(34)33-9-15-11-35-12-16(10-33)22(15)37-24-21(28)23(30-13-31-24)32-20-6-1-14(8-29)7-19(20)27/h1-7,13,15-16,22H,9-12H2,(H,30,31,32). The number of benzene rings is 2. The van der Waals surface area contributed by atoms with Crippen LogP contribution in [0.4, 0.5) is 20.7 Å². The first-order valence-electron chi connectivity index (χ1n) is 11.3. The van der Waals surface area contributed by atoms with Crippen LogP contribution in [-0.2, 0) is 4.74 Å². The molecule has 1 aromatic heterocycles. The van der Waals surface area contributed by atoms with E-state index >= 15 is 4.39 Å². The Bertz CT molecular complexity index is 1340. The summed E-state index contributed by atoms with van der Waals surface area (Å²) in [6.45, 7) is 1.30. The van der Waals surface area contributed by atoms with Gasteiger partial charge in [0.25, 0.3) is 5.88 Å². The van der Waals surface area contributed by atoms with E-state index < -0.39 is 18.0 Å². The number of ether oxygens (including phenoxy) is 3. The van der Waals surface area contributed by atoms with Crippen LogP contribution in [0, 0.1) is 29.0 Å². The minimum absolute atomic E-state index is 0.123. The Morgan fingerprint density at radius 3 is 2.54 bits per heavy atom. The van der Waals surface area contributed by atoms with E-state index in [2.05, 4.69) is 15.3 Å². The average Bonchev–Trinajstić information content (AvgIpc) is 2.88. The van der Waals surface area contributed by atoms with E-state index in [-0.39, 0.29) is 28.6 Å². The van der Waals surface area contributed by atoms with E-state index in [1.165, 1.54) is 12.4 Å². The second-order valence-corrected chi connectivity index (χ2v) is 9.48. The minimum Gasteiger partial charge on any atom is -0.471 e. The van der Waals surface area contributed by atoms with E-state index in [1.807, 2.05) is 6.07 Å². The van der Waals surface area contributed by atoms with Crippen molar-refractivity contribution in [2.24, 2.45) is 11.8 Å². The lowest BCUT2D eigenvalue weighted by molar-refractivity contribution is -0.108. The molecular weight excluding hydrogens is 524 g/mol. The fourth-order valence-corrected chi connectivity index (χ4v) is 4.73. The van der Waals surface area contributed by atoms with Gasteiger partial charge in [0, 0.05) is 29.9 Å². The summed E-state index contributed by atoms with van der Waals surface area (Å²) in [5.74, 6) is -1.18. The summed E-state index contributed by atoms with van der Waals surface area (Å²) in [7, 11) is 0. The SMILES string of the molecule is N#Cc1ccc(Nc2ncnc(OC3C4COCC3CN(C(=O)Oc3ccc(Cl)cc3)C4)c2F)c(Cl)c1. The number of halogens is 3. The van der Waals surface area contributed by atoms with Gasteiger partial charge in [-0.05, 0) is 42.5 Å². The Balaban J connectivity index is 1.28. The smallest absolute Gasteiger partial charge is 0.415 e. The number of hydrogen-bond acceptors (Lipinski definition) is 8. The third-order valence-corrected chi connectivity index (χ3v) is 6.70. The Morgan fingerprint density at radius 2 is 1.86 bits per heavy atom. The van der Waals surface area contributed by atoms with Crippen LogP contribution in [0.25, 0.3) is 0 Å². The van der Waals surface area contributed by atoms with Crippen molar-refractivity contribution >= 4 is 40.8 Å². The lowest BCUT2D eigenvalue weighted by Gasteiger charge is -2.45. The van der Waals surface area contributed by atoms with Gasteiger partial charge in [-0.25, -0.2) is 9.78 Å². The number of fused-ring (bicyclic) bond motifs is 2. The molecule has 37 heavy (non-hydrogen) atoms. The number of anilines is 2. The first-order chi connectivity index (χ1) is 17.9. The number of nitrogens with zero attached hydrogens (tertiary/aromatic N) is 4. The number of aromatic nitrogens is 2. The fraction of sp³-hybridized carbons (Fsp3) is 0.280. The van der Waals surface area contributed by atoms with Crippen LogP contribution in [0.5, 0.6) is 11.6 Å². The molecule has 0 saturated carbocycles. The first kappa shape index (κ1) is 25.0. The molecule has 2 bridgehead atoms. The zero-order valence-electron chi connectivity index (χ0n) is 19.2. The third kappa shape index (κ3) is 5.54. The molecule has 2 atom stereocenters. The Kier molecular flexibility index (Phi) is 7.28. The number of likely N-dealkylation sites (tertiary alicyclic amines) is 1. The maximum atomic E-state index is 15.3. The molecule has 3 heterocycles. The summed E-state index contributed by atoms with van der Waals surface area (Å²) in [6, 6.07) is 13.1. The van der Waals surface area contributed by atoms with Gasteiger partial charge in [0.2, 0.25) is 5.82 Å². The van der Waals surface area contributed by atoms with Crippen molar-refractivity contribution in [2.75, 3.05) is 31.6 Å². The molecule has 3 aromatic rings. The van der Waals surface area contributed by atoms with Crippen molar-refractivity contribution in [1.29, 1.82) is 5.26 Å². The molecule has 2 fully saturated rings. The van der Waals surface area contributed by atoms with Crippen LogP contribution in [0.15, 0.2) is 48.8 Å². The number of rotatable bonds is 5. The molecule has 5 rings (SSSR count). The zero-order valence-corrected chi connectivity index (χ0v) is 20.7. The van der Waals surface area contributed by atoms with E-state index in [0.29, 0.717) is 48.3 Å². The normalized spacial score (nSPS) is 20.6. The third-order valence-electron chi connectivity index (χ3n) is 6.14. The van der Waals surface area contributed by atoms with Crippen LogP contribution in [0.1, 0.15) is 5.56 Å². The lowest BCUT2D eigenvalue weighted by Crippen LogP contribution is -2.59. The minimum atomic E-state index is -0.786. The molecule has 2 unspecified atom stereocenters. The molecule has 1 amide bonds. The predicted octanol–water partition coefficient (Wildman–Crippen LogP) is 5.06. The average molecular weight is 544 g/mol. The molecule has 2 saturated heterocycles. The number of carbonyl (C=O) groups is 1. The van der Waals surface area contributed by atoms with E-state index in [4.69, 9.17) is 42.7 Å². The summed E-state index contributed by atoms with van der Waals surface area (Å²) < 4.78 is 32.5. The number of carbonyl (C=O) groups excluding carboxylic acids is 1. The molecule has 1 N–H and O–H groups in total. The van der Waals surface area contributed by atoms with Gasteiger partial charge in [0.15, 0.2) is 5.82 Å². The molecule has 2 aliphatic rings. The Morgan fingerprint density at radius 1 is 1.14 bits per heavy atom. The summed E-state index contributed by atoms with van der Waals surface area (Å²) in [4.78, 5) is 22.3. The van der Waals surface area contributed by atoms with Crippen molar-refractivity contribution in [2.45, 2.75) is 6.10 Å². The van der Waals surface area contributed by atoms with E-state index in [9.17, 15) is 4.79 Å². The van der Waals surface area contributed by atoms with Crippen molar-refractivity contribution in [3.8, 4) is 17.7 Å². The highest BCUT2D eigenvalue weighted by Gasteiger charge is 2.44. The van der Waals surface area contributed by atoms with Gasteiger partial charge in [-0.1, -0.05) is 23.2 Å². The summed E-state index contributed by atoms with van der Waals surface area (Å²) in [5.41, 5.74) is 0.752. The van der Waals surface area contributed by atoms with Gasteiger partial charge in [0.1, 0.15) is 18.2 Å². The maximum absolute atomic E-state index is 15.3. The number of piperidine rings is 1. The van der Waals surface area contributed by atoms with Crippen LogP contribution in [-0.4, -0.2) is 53.4 Å². The second kappa shape index (κ2) is 10.8. The largest absolute Gasteiger partial charge is 0.471 e. The number of nitrogens with one attached hydrogen (secondary N) is 1. The van der Waals surface area contributed by atoms with Crippen molar-refractivity contribution in [3.05, 3.63) is 70.2 Å². The van der Waals surface area contributed by atoms with Crippen LogP contribution in [0.3, 0.4) is 0 Å². The van der Waals surface area contributed by atoms with Gasteiger partial charge in [-0.3, -0.25) is 0 Å². The molecule has 12 heteroatoms. The molecule has 2 aliphatic heterocycles. The number of amides is 1. The summed E-state index contributed by atoms with van der Waals surface area (Å²) >= 11 is 12.1. The molecule has 2 aromatic carbocycles. The quantitative estimate of drug-likeness (QED) is 0.475. The van der Waals surface area contributed by atoms with Crippen molar-refractivity contribution in [3.63, 3.8) is 0 Å². The van der Waals surface area contributed by atoms with Crippen LogP contribution < -0.4 is 14.8 Å². The first-order valence-corrected chi connectivity index (χ1v) is 12.1. The van der Waals surface area contributed by atoms with Crippen molar-refractivity contribution in [1.82, 2.24) is 14.9 Å². The fourth-order valence-electron chi connectivity index (χ4n) is 4.37. The molecule has 0 aliphatic carbocycles. The van der Waals surface area contributed by atoms with Gasteiger partial charge < -0.3 is 24.4 Å². The van der Waals surface area contributed by atoms with Crippen LogP contribution >= 0.6 is 23.2 Å². The second-order valence-electron chi connectivity index (χ2n) is 8.64. The van der Waals surface area contributed by atoms with Crippen molar-refractivity contribution < 1.29 is 23.4 Å². The highest BCUT2D eigenvalue weighted by molar-refractivity contribution is 6.33. The van der Waals surface area contributed by atoms with Gasteiger partial charge in [0.05, 0.1) is 35.6 Å². The highest BCUT2D eigenvalue weighted by Crippen LogP contribution is 2.34. The molecule has 9 nitrogen and oxygen atoms in total. The van der Waals surface area contributed by atoms with Crippen LogP contribution in [0.2, 0.25) is 10.0 Å².